The molecule has 9 heteroatoms. The van der Waals surface area contributed by atoms with E-state index in [1.807, 2.05) is 54.7 Å². The van der Waals surface area contributed by atoms with Gasteiger partial charge in [-0.15, -0.1) is 5.10 Å². The normalized spacial score (nSPS) is 13.6. The minimum absolute atomic E-state index is 0.0597. The molecule has 0 bridgehead atoms. The molecular formula is C30H27N5O4. The quantitative estimate of drug-likeness (QED) is 0.333. The number of aromatic amines is 1. The first kappa shape index (κ1) is 24.6. The van der Waals surface area contributed by atoms with E-state index in [0.29, 0.717) is 55.9 Å². The lowest BCUT2D eigenvalue weighted by Gasteiger charge is -2.28. The Balaban J connectivity index is 1.35. The van der Waals surface area contributed by atoms with Crippen LogP contribution in [0.15, 0.2) is 83.8 Å². The highest BCUT2D eigenvalue weighted by atomic mass is 16.5. The second kappa shape index (κ2) is 10.5. The Labute approximate surface area is 224 Å². The van der Waals surface area contributed by atoms with Crippen molar-refractivity contribution in [2.75, 3.05) is 31.2 Å². The maximum Gasteiger partial charge on any atom is 0.335 e. The standard InChI is InChI=1S/C30H27N5O4/c36-27-17-28(34-12-14-39-15-13-34)31-29-23(10-5-11-24(27)29)26-19-35(33-32-26)18-21-8-4-9-22(30(37)38)25(21)16-20-6-2-1-3-7-20/h1-11,17,19H,12-16,18H2,(H,31,36)(H,37,38). The van der Waals surface area contributed by atoms with Crippen LogP contribution in [0.2, 0.25) is 0 Å². The number of hydrogen-bond donors (Lipinski definition) is 2. The Morgan fingerprint density at radius 1 is 1.00 bits per heavy atom. The van der Waals surface area contributed by atoms with Gasteiger partial charge in [0.2, 0.25) is 0 Å². The predicted octanol–water partition coefficient (Wildman–Crippen LogP) is 3.96. The molecule has 1 aliphatic heterocycles. The Kier molecular flexibility index (Phi) is 6.64. The van der Waals surface area contributed by atoms with Crippen molar-refractivity contribution in [1.82, 2.24) is 20.0 Å². The summed E-state index contributed by atoms with van der Waals surface area (Å²) in [6.07, 6.45) is 2.32. The zero-order valence-corrected chi connectivity index (χ0v) is 21.2. The summed E-state index contributed by atoms with van der Waals surface area (Å²) in [7, 11) is 0. The lowest BCUT2D eigenvalue weighted by Crippen LogP contribution is -2.37. The number of nitrogens with zero attached hydrogens (tertiary/aromatic N) is 4. The van der Waals surface area contributed by atoms with Gasteiger partial charge >= 0.3 is 5.97 Å². The third kappa shape index (κ3) is 5.04. The van der Waals surface area contributed by atoms with E-state index >= 15 is 0 Å². The number of carboxylic acid groups (broad SMARTS) is 1. The van der Waals surface area contributed by atoms with Gasteiger partial charge in [-0.2, -0.15) is 0 Å². The van der Waals surface area contributed by atoms with Crippen molar-refractivity contribution >= 4 is 22.7 Å². The van der Waals surface area contributed by atoms with Crippen LogP contribution in [0.3, 0.4) is 0 Å². The van der Waals surface area contributed by atoms with Gasteiger partial charge in [0.15, 0.2) is 5.43 Å². The number of pyridine rings is 1. The van der Waals surface area contributed by atoms with E-state index in [9.17, 15) is 14.7 Å². The molecule has 1 fully saturated rings. The number of fused-ring (bicyclic) bond motifs is 1. The SMILES string of the molecule is O=C(O)c1cccc(Cn2cc(-c3cccc4c(=O)cc(N5CCOCC5)[nH]c34)nn2)c1Cc1ccccc1. The van der Waals surface area contributed by atoms with Crippen LogP contribution in [0.25, 0.3) is 22.2 Å². The number of para-hydroxylation sites is 1. The van der Waals surface area contributed by atoms with E-state index in [1.165, 1.54) is 0 Å². The van der Waals surface area contributed by atoms with E-state index < -0.39 is 5.97 Å². The van der Waals surface area contributed by atoms with Crippen molar-refractivity contribution in [2.24, 2.45) is 0 Å². The highest BCUT2D eigenvalue weighted by Crippen LogP contribution is 2.27. The molecule has 0 radical (unpaired) electrons. The number of benzene rings is 3. The molecule has 2 N–H and O–H groups in total. The van der Waals surface area contributed by atoms with Gasteiger partial charge in [-0.25, -0.2) is 9.48 Å². The molecule has 2 aromatic heterocycles. The molecule has 0 spiro atoms. The number of carbonyl (C=O) groups is 1. The number of ether oxygens (including phenoxy) is 1. The fourth-order valence-electron chi connectivity index (χ4n) is 5.11. The highest BCUT2D eigenvalue weighted by Gasteiger charge is 2.18. The first-order valence-corrected chi connectivity index (χ1v) is 12.8. The third-order valence-electron chi connectivity index (χ3n) is 7.08. The smallest absolute Gasteiger partial charge is 0.335 e. The van der Waals surface area contributed by atoms with Crippen LogP contribution in [-0.4, -0.2) is 57.4 Å². The largest absolute Gasteiger partial charge is 0.478 e. The van der Waals surface area contributed by atoms with Crippen LogP contribution in [-0.2, 0) is 17.7 Å². The number of rotatable bonds is 7. The van der Waals surface area contributed by atoms with Crippen LogP contribution in [0.1, 0.15) is 27.0 Å². The minimum atomic E-state index is -0.960. The number of anilines is 1. The zero-order chi connectivity index (χ0) is 26.8. The molecule has 3 aromatic carbocycles. The minimum Gasteiger partial charge on any atom is -0.478 e. The maximum atomic E-state index is 13.0. The first-order valence-electron chi connectivity index (χ1n) is 12.8. The Morgan fingerprint density at radius 2 is 1.79 bits per heavy atom. The van der Waals surface area contributed by atoms with Crippen LogP contribution < -0.4 is 10.3 Å². The highest BCUT2D eigenvalue weighted by molar-refractivity contribution is 5.93. The van der Waals surface area contributed by atoms with Gasteiger partial charge in [-0.3, -0.25) is 4.79 Å². The van der Waals surface area contributed by atoms with E-state index in [2.05, 4.69) is 20.2 Å². The van der Waals surface area contributed by atoms with Crippen LogP contribution in [0.4, 0.5) is 5.82 Å². The van der Waals surface area contributed by atoms with E-state index in [0.717, 1.165) is 28.1 Å². The molecule has 0 unspecified atom stereocenters. The summed E-state index contributed by atoms with van der Waals surface area (Å²) in [5, 5.41) is 19.2. The zero-order valence-electron chi connectivity index (χ0n) is 21.2. The number of aromatic carboxylic acids is 1. The van der Waals surface area contributed by atoms with Crippen molar-refractivity contribution in [3.8, 4) is 11.3 Å². The van der Waals surface area contributed by atoms with Gasteiger partial charge in [-0.1, -0.05) is 59.8 Å². The van der Waals surface area contributed by atoms with E-state index in [-0.39, 0.29) is 11.0 Å². The Bertz CT molecular complexity index is 1700. The van der Waals surface area contributed by atoms with Crippen LogP contribution in [0, 0.1) is 0 Å². The first-order chi connectivity index (χ1) is 19.1. The number of aromatic nitrogens is 4. The molecule has 0 aliphatic carbocycles. The molecule has 1 saturated heterocycles. The number of hydrogen-bond acceptors (Lipinski definition) is 6. The molecule has 6 rings (SSSR count). The lowest BCUT2D eigenvalue weighted by atomic mass is 9.94. The molecule has 0 saturated carbocycles. The van der Waals surface area contributed by atoms with E-state index in [4.69, 9.17) is 4.74 Å². The van der Waals surface area contributed by atoms with Crippen molar-refractivity contribution in [3.05, 3.63) is 111 Å². The average molecular weight is 522 g/mol. The van der Waals surface area contributed by atoms with Gasteiger partial charge in [0.1, 0.15) is 11.5 Å². The summed E-state index contributed by atoms with van der Waals surface area (Å²) in [4.78, 5) is 30.6. The average Bonchev–Trinajstić information content (AvgIpc) is 3.43. The van der Waals surface area contributed by atoms with Gasteiger partial charge in [0.25, 0.3) is 0 Å². The molecule has 1 aliphatic rings. The second-order valence-electron chi connectivity index (χ2n) is 9.56. The molecule has 196 valence electrons. The number of nitrogens with one attached hydrogen (secondary N) is 1. The van der Waals surface area contributed by atoms with E-state index in [1.54, 1.807) is 28.9 Å². The van der Waals surface area contributed by atoms with Crippen LogP contribution in [0.5, 0.6) is 0 Å². The fourth-order valence-corrected chi connectivity index (χ4v) is 5.11. The van der Waals surface area contributed by atoms with Crippen molar-refractivity contribution in [3.63, 3.8) is 0 Å². The summed E-state index contributed by atoms with van der Waals surface area (Å²) in [5.74, 6) is -0.204. The summed E-state index contributed by atoms with van der Waals surface area (Å²) in [6.45, 7) is 3.01. The molecule has 39 heavy (non-hydrogen) atoms. The predicted molar refractivity (Wildman–Crippen MR) is 148 cm³/mol. The number of carboxylic acids is 1. The second-order valence-corrected chi connectivity index (χ2v) is 9.56. The number of H-pyrrole nitrogens is 1. The molecular weight excluding hydrogens is 494 g/mol. The summed E-state index contributed by atoms with van der Waals surface area (Å²) in [5.41, 5.74) is 4.95. The molecule has 0 amide bonds. The fraction of sp³-hybridized carbons (Fsp3) is 0.200. The monoisotopic (exact) mass is 521 g/mol. The summed E-state index contributed by atoms with van der Waals surface area (Å²) < 4.78 is 7.16. The van der Waals surface area contributed by atoms with Gasteiger partial charge in [-0.05, 0) is 35.2 Å². The number of morpholine rings is 1. The maximum absolute atomic E-state index is 13.0. The van der Waals surface area contributed by atoms with Crippen LogP contribution >= 0.6 is 0 Å². The Hall–Kier alpha value is -4.76. The van der Waals surface area contributed by atoms with Gasteiger partial charge in [0.05, 0.1) is 37.0 Å². The molecule has 3 heterocycles. The van der Waals surface area contributed by atoms with Gasteiger partial charge < -0.3 is 19.7 Å². The summed E-state index contributed by atoms with van der Waals surface area (Å²) >= 11 is 0. The van der Waals surface area contributed by atoms with Crippen molar-refractivity contribution < 1.29 is 14.6 Å². The van der Waals surface area contributed by atoms with Crippen molar-refractivity contribution in [1.29, 1.82) is 0 Å². The van der Waals surface area contributed by atoms with Gasteiger partial charge in [0, 0.05) is 30.1 Å². The third-order valence-corrected chi connectivity index (χ3v) is 7.08. The van der Waals surface area contributed by atoms with Crippen molar-refractivity contribution in [2.45, 2.75) is 13.0 Å². The molecule has 9 nitrogen and oxygen atoms in total. The lowest BCUT2D eigenvalue weighted by molar-refractivity contribution is 0.0695. The molecule has 5 aromatic rings. The Morgan fingerprint density at radius 3 is 2.59 bits per heavy atom. The summed E-state index contributed by atoms with van der Waals surface area (Å²) in [6, 6.07) is 22.3. The topological polar surface area (TPSA) is 113 Å². The molecule has 0 atom stereocenters.